The number of carboxylic acid groups (broad SMARTS) is 1. The minimum atomic E-state index is -1.79. The predicted molar refractivity (Wildman–Crippen MR) is 109 cm³/mol. The van der Waals surface area contributed by atoms with Crippen LogP contribution in [-0.2, 0) is 20.1 Å². The number of hydrogen-bond donors (Lipinski definition) is 1. The number of ether oxygens (including phenoxy) is 4. The van der Waals surface area contributed by atoms with Gasteiger partial charge in [-0.15, -0.1) is 0 Å². The van der Waals surface area contributed by atoms with Gasteiger partial charge in [-0.05, 0) is 25.5 Å². The molecule has 0 bridgehead atoms. The first-order valence-electron chi connectivity index (χ1n) is 10.3. The second-order valence-electron chi connectivity index (χ2n) is 7.48. The highest BCUT2D eigenvalue weighted by Gasteiger charge is 2.66. The zero-order valence-electron chi connectivity index (χ0n) is 17.2. The van der Waals surface area contributed by atoms with E-state index in [0.717, 1.165) is 0 Å². The molecule has 2 unspecified atom stereocenters. The lowest BCUT2D eigenvalue weighted by Crippen LogP contribution is -2.65. The smallest absolute Gasteiger partial charge is 0.344 e. The topological polar surface area (TPSA) is 77.5 Å². The van der Waals surface area contributed by atoms with Crippen molar-refractivity contribution in [2.45, 2.75) is 37.9 Å². The summed E-state index contributed by atoms with van der Waals surface area (Å²) in [6.45, 7) is 6.14. The Hall–Kier alpha value is -2.61. The summed E-state index contributed by atoms with van der Waals surface area (Å²) in [5.41, 5.74) is -1.20. The molecule has 2 aliphatic rings. The summed E-state index contributed by atoms with van der Waals surface area (Å²) < 4.78 is 24.4. The molecule has 0 spiro atoms. The van der Waals surface area contributed by atoms with Crippen molar-refractivity contribution >= 4 is 5.97 Å². The van der Waals surface area contributed by atoms with E-state index in [1.54, 1.807) is 19.1 Å². The Morgan fingerprint density at radius 1 is 1.10 bits per heavy atom. The van der Waals surface area contributed by atoms with Crippen molar-refractivity contribution in [1.29, 1.82) is 0 Å². The third kappa shape index (κ3) is 3.33. The summed E-state index contributed by atoms with van der Waals surface area (Å²) in [6, 6.07) is 16.3. The number of hydrogen-bond acceptors (Lipinski definition) is 6. The van der Waals surface area contributed by atoms with E-state index in [9.17, 15) is 9.90 Å². The van der Waals surface area contributed by atoms with Crippen molar-refractivity contribution < 1.29 is 28.8 Å². The molecule has 0 radical (unpaired) electrons. The monoisotopic (exact) mass is 413 g/mol. The normalized spacial score (nSPS) is 21.0. The minimum absolute atomic E-state index is 0.139. The standard InChI is InChI=1S/C23H27NO6/c1-3-22(21(25)26,28-17(2)24-13-15-27-16-14-24)23(18-9-5-4-6-10-18)29-19-11-7-8-12-20(19)30-23/h4-12,17H,3,13-16H2,1-2H3,(H,25,26). The maximum Gasteiger partial charge on any atom is 0.344 e. The second kappa shape index (κ2) is 8.26. The minimum Gasteiger partial charge on any atom is -0.479 e. The molecule has 2 aromatic rings. The van der Waals surface area contributed by atoms with Gasteiger partial charge in [0, 0.05) is 18.7 Å². The molecule has 2 heterocycles. The van der Waals surface area contributed by atoms with E-state index < -0.39 is 23.6 Å². The first kappa shape index (κ1) is 20.7. The quantitative estimate of drug-likeness (QED) is 0.747. The van der Waals surface area contributed by atoms with Gasteiger partial charge in [-0.2, -0.15) is 0 Å². The Morgan fingerprint density at radius 2 is 1.67 bits per heavy atom. The van der Waals surface area contributed by atoms with Gasteiger partial charge in [0.15, 0.2) is 11.5 Å². The van der Waals surface area contributed by atoms with Gasteiger partial charge in [0.25, 0.3) is 0 Å². The van der Waals surface area contributed by atoms with E-state index in [1.807, 2.05) is 49.4 Å². The molecule has 0 aromatic heterocycles. The van der Waals surface area contributed by atoms with Gasteiger partial charge in [-0.1, -0.05) is 49.4 Å². The summed E-state index contributed by atoms with van der Waals surface area (Å²) in [7, 11) is 0. The second-order valence-corrected chi connectivity index (χ2v) is 7.48. The number of rotatable bonds is 7. The number of benzene rings is 2. The Balaban J connectivity index is 1.80. The third-order valence-corrected chi connectivity index (χ3v) is 5.82. The van der Waals surface area contributed by atoms with Gasteiger partial charge in [0.05, 0.1) is 13.2 Å². The molecule has 30 heavy (non-hydrogen) atoms. The van der Waals surface area contributed by atoms with E-state index in [0.29, 0.717) is 43.4 Å². The Morgan fingerprint density at radius 3 is 2.20 bits per heavy atom. The molecule has 160 valence electrons. The highest BCUT2D eigenvalue weighted by atomic mass is 16.8. The highest BCUT2D eigenvalue weighted by molar-refractivity contribution is 5.80. The van der Waals surface area contributed by atoms with Gasteiger partial charge in [0.2, 0.25) is 5.60 Å². The third-order valence-electron chi connectivity index (χ3n) is 5.82. The number of para-hydroxylation sites is 2. The zero-order chi connectivity index (χ0) is 21.2. The van der Waals surface area contributed by atoms with Crippen molar-refractivity contribution in [1.82, 2.24) is 4.90 Å². The SMILES string of the molecule is CCC(OC(C)N1CCOCC1)(C(=O)O)C1(c2ccccc2)Oc2ccccc2O1. The van der Waals surface area contributed by atoms with Crippen molar-refractivity contribution in [3.05, 3.63) is 60.2 Å². The lowest BCUT2D eigenvalue weighted by atomic mass is 9.84. The van der Waals surface area contributed by atoms with Crippen LogP contribution in [0, 0.1) is 0 Å². The number of nitrogens with zero attached hydrogens (tertiary/aromatic N) is 1. The van der Waals surface area contributed by atoms with Gasteiger partial charge >= 0.3 is 11.8 Å². The van der Waals surface area contributed by atoms with Crippen LogP contribution in [0.25, 0.3) is 0 Å². The summed E-state index contributed by atoms with van der Waals surface area (Å²) in [4.78, 5) is 14.9. The van der Waals surface area contributed by atoms with Gasteiger partial charge in [0.1, 0.15) is 6.23 Å². The maximum absolute atomic E-state index is 12.9. The van der Waals surface area contributed by atoms with Crippen LogP contribution in [0.2, 0.25) is 0 Å². The molecule has 1 saturated heterocycles. The fourth-order valence-corrected chi connectivity index (χ4v) is 4.17. The Labute approximate surface area is 176 Å². The molecule has 1 N–H and O–H groups in total. The molecule has 2 aliphatic heterocycles. The van der Waals surface area contributed by atoms with Crippen molar-refractivity contribution in [3.8, 4) is 11.5 Å². The molecule has 0 saturated carbocycles. The summed E-state index contributed by atoms with van der Waals surface area (Å²) in [5.74, 6) is -1.83. The molecule has 0 amide bonds. The number of carbonyl (C=O) groups is 1. The number of fused-ring (bicyclic) bond motifs is 1. The van der Waals surface area contributed by atoms with Crippen molar-refractivity contribution in [2.24, 2.45) is 0 Å². The van der Waals surface area contributed by atoms with Crippen LogP contribution < -0.4 is 9.47 Å². The number of carboxylic acids is 1. The summed E-state index contributed by atoms with van der Waals surface area (Å²) >= 11 is 0. The van der Waals surface area contributed by atoms with Gasteiger partial charge in [-0.3, -0.25) is 4.90 Å². The van der Waals surface area contributed by atoms with Crippen molar-refractivity contribution in [2.75, 3.05) is 26.3 Å². The van der Waals surface area contributed by atoms with E-state index in [-0.39, 0.29) is 6.42 Å². The summed E-state index contributed by atoms with van der Waals surface area (Å²) in [5, 5.41) is 10.5. The maximum atomic E-state index is 12.9. The average molecular weight is 413 g/mol. The van der Waals surface area contributed by atoms with E-state index in [4.69, 9.17) is 18.9 Å². The first-order valence-corrected chi connectivity index (χ1v) is 10.3. The van der Waals surface area contributed by atoms with Gasteiger partial charge < -0.3 is 24.1 Å². The molecular weight excluding hydrogens is 386 g/mol. The molecule has 7 heteroatoms. The lowest BCUT2D eigenvalue weighted by Gasteiger charge is -2.45. The molecular formula is C23H27NO6. The van der Waals surface area contributed by atoms with Crippen LogP contribution in [0.3, 0.4) is 0 Å². The number of aliphatic carboxylic acids is 1. The molecule has 7 nitrogen and oxygen atoms in total. The van der Waals surface area contributed by atoms with Crippen LogP contribution in [0.5, 0.6) is 11.5 Å². The Bertz CT molecular complexity index is 857. The fraction of sp³-hybridized carbons (Fsp3) is 0.435. The first-order chi connectivity index (χ1) is 14.5. The van der Waals surface area contributed by atoms with Crippen LogP contribution in [0.15, 0.2) is 54.6 Å². The largest absolute Gasteiger partial charge is 0.479 e. The lowest BCUT2D eigenvalue weighted by molar-refractivity contribution is -0.282. The van der Waals surface area contributed by atoms with E-state index in [1.165, 1.54) is 0 Å². The van der Waals surface area contributed by atoms with E-state index >= 15 is 0 Å². The van der Waals surface area contributed by atoms with Crippen LogP contribution >= 0.6 is 0 Å². The van der Waals surface area contributed by atoms with Crippen LogP contribution in [-0.4, -0.2) is 54.1 Å². The number of morpholine rings is 1. The predicted octanol–water partition coefficient (Wildman–Crippen LogP) is 3.24. The van der Waals surface area contributed by atoms with Crippen LogP contribution in [0.1, 0.15) is 25.8 Å². The Kier molecular flexibility index (Phi) is 5.69. The average Bonchev–Trinajstić information content (AvgIpc) is 3.19. The molecule has 2 atom stereocenters. The molecule has 4 rings (SSSR count). The molecule has 0 aliphatic carbocycles. The summed E-state index contributed by atoms with van der Waals surface area (Å²) in [6.07, 6.45) is -0.332. The highest BCUT2D eigenvalue weighted by Crippen LogP contribution is 2.52. The van der Waals surface area contributed by atoms with E-state index in [2.05, 4.69) is 4.90 Å². The van der Waals surface area contributed by atoms with Crippen LogP contribution in [0.4, 0.5) is 0 Å². The molecule has 2 aromatic carbocycles. The van der Waals surface area contributed by atoms with Gasteiger partial charge in [-0.25, -0.2) is 4.79 Å². The fourth-order valence-electron chi connectivity index (χ4n) is 4.17. The van der Waals surface area contributed by atoms with Crippen molar-refractivity contribution in [3.63, 3.8) is 0 Å². The zero-order valence-corrected chi connectivity index (χ0v) is 17.2. The molecule has 1 fully saturated rings.